The number of aliphatic hydroxyl groups excluding tert-OH is 1. The Morgan fingerprint density at radius 2 is 2.12 bits per heavy atom. The number of carbonyl (C=O) groups is 2. The third-order valence-electron chi connectivity index (χ3n) is 1.82. The van der Waals surface area contributed by atoms with Crippen molar-refractivity contribution in [2.75, 3.05) is 11.9 Å². The molecule has 4 N–H and O–H groups in total. The van der Waals surface area contributed by atoms with Gasteiger partial charge in [-0.1, -0.05) is 22.0 Å². The Morgan fingerprint density at radius 1 is 1.41 bits per heavy atom. The Bertz CT molecular complexity index is 425. The number of anilines is 1. The molecule has 0 aliphatic rings. The lowest BCUT2D eigenvalue weighted by atomic mass is 10.3. The van der Waals surface area contributed by atoms with Gasteiger partial charge in [-0.25, -0.2) is 9.59 Å². The van der Waals surface area contributed by atoms with Gasteiger partial charge in [-0.05, 0) is 18.2 Å². The molecule has 2 amide bonds. The fourth-order valence-corrected chi connectivity index (χ4v) is 1.42. The van der Waals surface area contributed by atoms with Crippen molar-refractivity contribution >= 4 is 33.6 Å². The van der Waals surface area contributed by atoms with Crippen LogP contribution >= 0.6 is 15.9 Å². The van der Waals surface area contributed by atoms with Crippen LogP contribution in [-0.4, -0.2) is 34.9 Å². The molecule has 17 heavy (non-hydrogen) atoms. The molecule has 0 aliphatic heterocycles. The van der Waals surface area contributed by atoms with E-state index in [9.17, 15) is 9.59 Å². The topological polar surface area (TPSA) is 98.7 Å². The molecule has 0 radical (unpaired) electrons. The first-order valence-corrected chi connectivity index (χ1v) is 5.49. The zero-order valence-corrected chi connectivity index (χ0v) is 10.3. The van der Waals surface area contributed by atoms with Crippen LogP contribution in [0.3, 0.4) is 0 Å². The number of aliphatic hydroxyl groups is 1. The van der Waals surface area contributed by atoms with Gasteiger partial charge in [0.1, 0.15) is 0 Å². The highest BCUT2D eigenvalue weighted by Gasteiger charge is 2.13. The lowest BCUT2D eigenvalue weighted by Crippen LogP contribution is -2.38. The van der Waals surface area contributed by atoms with Crippen molar-refractivity contribution in [3.63, 3.8) is 0 Å². The molecule has 0 saturated heterocycles. The highest BCUT2D eigenvalue weighted by atomic mass is 79.9. The number of carbonyl (C=O) groups excluding carboxylic acids is 1. The maximum Gasteiger partial charge on any atom is 0.334 e. The summed E-state index contributed by atoms with van der Waals surface area (Å²) in [7, 11) is 0. The van der Waals surface area contributed by atoms with Crippen molar-refractivity contribution in [3.8, 4) is 0 Å². The van der Waals surface area contributed by atoms with Crippen molar-refractivity contribution in [1.82, 2.24) is 5.32 Å². The molecule has 0 aromatic heterocycles. The summed E-state index contributed by atoms with van der Waals surface area (Å²) in [4.78, 5) is 21.6. The average Bonchev–Trinajstić information content (AvgIpc) is 2.25. The third-order valence-corrected chi connectivity index (χ3v) is 2.32. The summed E-state index contributed by atoms with van der Waals surface area (Å²) < 4.78 is 0.806. The van der Waals surface area contributed by atoms with Gasteiger partial charge in [0.15, 0.2) is 6.10 Å². The summed E-state index contributed by atoms with van der Waals surface area (Å²) in [6.07, 6.45) is -1.61. The number of carboxylic acids is 1. The number of benzene rings is 1. The predicted molar refractivity (Wildman–Crippen MR) is 64.8 cm³/mol. The fraction of sp³-hybridized carbons (Fsp3) is 0.200. The Kier molecular flexibility index (Phi) is 4.92. The number of halogens is 1. The van der Waals surface area contributed by atoms with Crippen molar-refractivity contribution < 1.29 is 19.8 Å². The van der Waals surface area contributed by atoms with Gasteiger partial charge in [0.05, 0.1) is 6.54 Å². The van der Waals surface area contributed by atoms with Crippen LogP contribution in [0.1, 0.15) is 0 Å². The molecule has 0 saturated carbocycles. The maximum absolute atomic E-state index is 11.3. The molecule has 7 heteroatoms. The molecule has 6 nitrogen and oxygen atoms in total. The first-order chi connectivity index (χ1) is 7.99. The van der Waals surface area contributed by atoms with Crippen LogP contribution in [0.2, 0.25) is 0 Å². The summed E-state index contributed by atoms with van der Waals surface area (Å²) >= 11 is 3.24. The maximum atomic E-state index is 11.3. The quantitative estimate of drug-likeness (QED) is 0.667. The van der Waals surface area contributed by atoms with E-state index < -0.39 is 18.1 Å². The first-order valence-electron chi connectivity index (χ1n) is 4.70. The summed E-state index contributed by atoms with van der Waals surface area (Å²) in [5.74, 6) is -1.38. The van der Waals surface area contributed by atoms with Gasteiger partial charge in [-0.15, -0.1) is 0 Å². The van der Waals surface area contributed by atoms with Crippen LogP contribution in [0.25, 0.3) is 0 Å². The van der Waals surface area contributed by atoms with E-state index in [2.05, 4.69) is 26.6 Å². The highest BCUT2D eigenvalue weighted by Crippen LogP contribution is 2.15. The molecule has 1 rings (SSSR count). The SMILES string of the molecule is O=C(NC[C@H](O)C(=O)O)Nc1cccc(Br)c1. The molecule has 92 valence electrons. The summed E-state index contributed by atoms with van der Waals surface area (Å²) in [5, 5.41) is 22.1. The second-order valence-corrected chi connectivity index (χ2v) is 4.12. The Hall–Kier alpha value is -1.60. The molecular formula is C10H11BrN2O4. The zero-order valence-electron chi connectivity index (χ0n) is 8.68. The predicted octanol–water partition coefficient (Wildman–Crippen LogP) is 1.02. The van der Waals surface area contributed by atoms with E-state index in [1.165, 1.54) is 0 Å². The zero-order chi connectivity index (χ0) is 12.8. The number of carboxylic acid groups (broad SMARTS) is 1. The van der Waals surface area contributed by atoms with E-state index in [1.807, 2.05) is 0 Å². The van der Waals surface area contributed by atoms with Gasteiger partial charge in [0, 0.05) is 10.2 Å². The standard InChI is InChI=1S/C10H11BrN2O4/c11-6-2-1-3-7(4-6)13-10(17)12-5-8(14)9(15)16/h1-4,8,14H,5H2,(H,15,16)(H2,12,13,17)/t8-/m0/s1. The second kappa shape index (κ2) is 6.21. The average molecular weight is 303 g/mol. The minimum absolute atomic E-state index is 0.352. The van der Waals surface area contributed by atoms with Crippen molar-refractivity contribution in [2.45, 2.75) is 6.10 Å². The second-order valence-electron chi connectivity index (χ2n) is 3.20. The van der Waals surface area contributed by atoms with Gasteiger partial charge in [0.2, 0.25) is 0 Å². The summed E-state index contributed by atoms with van der Waals surface area (Å²) in [6.45, 7) is -0.352. The van der Waals surface area contributed by atoms with Gasteiger partial charge < -0.3 is 20.8 Å². The van der Waals surface area contributed by atoms with Crippen LogP contribution in [0, 0.1) is 0 Å². The molecule has 0 aliphatic carbocycles. The number of aliphatic carboxylic acids is 1. The Morgan fingerprint density at radius 3 is 2.71 bits per heavy atom. The first kappa shape index (κ1) is 13.5. The number of hydrogen-bond donors (Lipinski definition) is 4. The van der Waals surface area contributed by atoms with E-state index in [-0.39, 0.29) is 6.54 Å². The Balaban J connectivity index is 2.42. The van der Waals surface area contributed by atoms with E-state index in [0.29, 0.717) is 5.69 Å². The van der Waals surface area contributed by atoms with E-state index in [4.69, 9.17) is 10.2 Å². The van der Waals surface area contributed by atoms with E-state index in [1.54, 1.807) is 24.3 Å². The van der Waals surface area contributed by atoms with Crippen LogP contribution < -0.4 is 10.6 Å². The molecule has 0 fully saturated rings. The molecule has 0 spiro atoms. The molecular weight excluding hydrogens is 292 g/mol. The molecule has 1 aromatic rings. The van der Waals surface area contributed by atoms with Crippen molar-refractivity contribution in [2.24, 2.45) is 0 Å². The molecule has 0 unspecified atom stereocenters. The van der Waals surface area contributed by atoms with Crippen molar-refractivity contribution in [1.29, 1.82) is 0 Å². The van der Waals surface area contributed by atoms with Crippen molar-refractivity contribution in [3.05, 3.63) is 28.7 Å². The third kappa shape index (κ3) is 4.83. The molecule has 0 bridgehead atoms. The monoisotopic (exact) mass is 302 g/mol. The minimum atomic E-state index is -1.61. The normalized spacial score (nSPS) is 11.6. The highest BCUT2D eigenvalue weighted by molar-refractivity contribution is 9.10. The molecule has 1 aromatic carbocycles. The largest absolute Gasteiger partial charge is 0.479 e. The Labute approximate surface area is 106 Å². The van der Waals surface area contributed by atoms with E-state index in [0.717, 1.165) is 4.47 Å². The molecule has 1 atom stereocenters. The van der Waals surface area contributed by atoms with Gasteiger partial charge >= 0.3 is 12.0 Å². The number of hydrogen-bond acceptors (Lipinski definition) is 3. The minimum Gasteiger partial charge on any atom is -0.479 e. The summed E-state index contributed by atoms with van der Waals surface area (Å²) in [5.41, 5.74) is 0.557. The molecule has 0 heterocycles. The summed E-state index contributed by atoms with van der Waals surface area (Å²) in [6, 6.07) is 6.33. The van der Waals surface area contributed by atoms with Gasteiger partial charge in [0.25, 0.3) is 0 Å². The number of urea groups is 1. The smallest absolute Gasteiger partial charge is 0.334 e. The van der Waals surface area contributed by atoms with Gasteiger partial charge in [-0.3, -0.25) is 0 Å². The van der Waals surface area contributed by atoms with Crippen LogP contribution in [-0.2, 0) is 4.79 Å². The van der Waals surface area contributed by atoms with Crippen LogP contribution in [0.5, 0.6) is 0 Å². The van der Waals surface area contributed by atoms with E-state index >= 15 is 0 Å². The lowest BCUT2D eigenvalue weighted by molar-refractivity contribution is -0.146. The van der Waals surface area contributed by atoms with Gasteiger partial charge in [-0.2, -0.15) is 0 Å². The number of amides is 2. The van der Waals surface area contributed by atoms with Crippen LogP contribution in [0.15, 0.2) is 28.7 Å². The lowest BCUT2D eigenvalue weighted by Gasteiger charge is -2.09. The number of rotatable bonds is 4. The number of nitrogens with one attached hydrogen (secondary N) is 2. The fourth-order valence-electron chi connectivity index (χ4n) is 1.02. The van der Waals surface area contributed by atoms with Crippen LogP contribution in [0.4, 0.5) is 10.5 Å².